The van der Waals surface area contributed by atoms with Crippen molar-refractivity contribution in [2.75, 3.05) is 7.11 Å². The maximum atomic E-state index is 11.1. The largest absolute Gasteiger partial charge is 0.469 e. The van der Waals surface area contributed by atoms with Gasteiger partial charge < -0.3 is 9.30 Å². The zero-order valence-corrected chi connectivity index (χ0v) is 14.5. The number of hydrogen-bond acceptors (Lipinski definition) is 2. The summed E-state index contributed by atoms with van der Waals surface area (Å²) in [7, 11) is 1.45. The minimum Gasteiger partial charge on any atom is -0.469 e. The van der Waals surface area contributed by atoms with Gasteiger partial charge in [-0.25, -0.2) is 0 Å². The predicted molar refractivity (Wildman–Crippen MR) is 93.6 cm³/mol. The second kappa shape index (κ2) is 8.56. The summed E-state index contributed by atoms with van der Waals surface area (Å²) >= 11 is 0. The van der Waals surface area contributed by atoms with Crippen LogP contribution in [0.2, 0.25) is 0 Å². The van der Waals surface area contributed by atoms with Crippen molar-refractivity contribution in [3.8, 4) is 0 Å². The van der Waals surface area contributed by atoms with Crippen molar-refractivity contribution in [2.45, 2.75) is 52.5 Å². The molecule has 2 aromatic rings. The minimum absolute atomic E-state index is 0.106. The highest BCUT2D eigenvalue weighted by molar-refractivity contribution is 5.68. The summed E-state index contributed by atoms with van der Waals surface area (Å²) in [6, 6.07) is 12.9. The van der Waals surface area contributed by atoms with E-state index in [-0.39, 0.29) is 5.97 Å². The Morgan fingerprint density at radius 3 is 2.52 bits per heavy atom. The number of aryl methyl sites for hydroxylation is 2. The molecular weight excluding hydrogens is 286 g/mol. The number of benzene rings is 1. The van der Waals surface area contributed by atoms with Crippen molar-refractivity contribution in [1.29, 1.82) is 0 Å². The fourth-order valence-corrected chi connectivity index (χ4v) is 3.00. The molecule has 0 N–H and O–H groups in total. The molecule has 1 heterocycles. The highest BCUT2D eigenvalue weighted by atomic mass is 16.5. The zero-order chi connectivity index (χ0) is 16.7. The number of rotatable bonds is 8. The van der Waals surface area contributed by atoms with E-state index in [2.05, 4.69) is 59.5 Å². The third kappa shape index (κ3) is 4.98. The Kier molecular flexibility index (Phi) is 6.45. The van der Waals surface area contributed by atoms with Gasteiger partial charge in [0.1, 0.15) is 0 Å². The van der Waals surface area contributed by atoms with Crippen LogP contribution in [0.1, 0.15) is 48.2 Å². The van der Waals surface area contributed by atoms with Gasteiger partial charge in [-0.3, -0.25) is 4.79 Å². The molecule has 3 heteroatoms. The molecule has 0 bridgehead atoms. The molecule has 0 unspecified atom stereocenters. The first-order valence-electron chi connectivity index (χ1n) is 8.38. The average Bonchev–Trinajstić information content (AvgIpc) is 2.83. The molecule has 0 spiro atoms. The van der Waals surface area contributed by atoms with Gasteiger partial charge in [0.25, 0.3) is 0 Å². The fourth-order valence-electron chi connectivity index (χ4n) is 3.00. The van der Waals surface area contributed by atoms with E-state index in [0.29, 0.717) is 6.42 Å². The van der Waals surface area contributed by atoms with Crippen molar-refractivity contribution >= 4 is 5.97 Å². The Morgan fingerprint density at radius 1 is 1.09 bits per heavy atom. The van der Waals surface area contributed by atoms with E-state index in [9.17, 15) is 4.79 Å². The van der Waals surface area contributed by atoms with Crippen molar-refractivity contribution < 1.29 is 9.53 Å². The molecule has 0 aliphatic carbocycles. The van der Waals surface area contributed by atoms with E-state index < -0.39 is 0 Å². The SMILES string of the molecule is COC(=O)CCCCCc1cc(C)n(Cc2ccccc2)c1C. The second-order valence-electron chi connectivity index (χ2n) is 6.10. The fraction of sp³-hybridized carbons (Fsp3) is 0.450. The van der Waals surface area contributed by atoms with Crippen LogP contribution in [0, 0.1) is 13.8 Å². The lowest BCUT2D eigenvalue weighted by molar-refractivity contribution is -0.140. The summed E-state index contributed by atoms with van der Waals surface area (Å²) < 4.78 is 7.06. The van der Waals surface area contributed by atoms with Crippen LogP contribution in [-0.4, -0.2) is 17.6 Å². The quantitative estimate of drug-likeness (QED) is 0.533. The van der Waals surface area contributed by atoms with E-state index in [0.717, 1.165) is 32.2 Å². The number of carbonyl (C=O) groups excluding carboxylic acids is 1. The first kappa shape index (κ1) is 17.3. The normalized spacial score (nSPS) is 10.7. The summed E-state index contributed by atoms with van der Waals surface area (Å²) in [4.78, 5) is 11.1. The van der Waals surface area contributed by atoms with Gasteiger partial charge in [-0.05, 0) is 50.3 Å². The predicted octanol–water partition coefficient (Wildman–Crippen LogP) is 4.43. The van der Waals surface area contributed by atoms with Crippen LogP contribution in [0.4, 0.5) is 0 Å². The Labute approximate surface area is 139 Å². The number of nitrogens with zero attached hydrogens (tertiary/aromatic N) is 1. The minimum atomic E-state index is -0.106. The molecule has 0 atom stereocenters. The molecule has 0 aliphatic heterocycles. The molecule has 0 aliphatic rings. The van der Waals surface area contributed by atoms with Crippen LogP contribution in [0.25, 0.3) is 0 Å². The van der Waals surface area contributed by atoms with Crippen LogP contribution in [0.3, 0.4) is 0 Å². The third-order valence-electron chi connectivity index (χ3n) is 4.42. The van der Waals surface area contributed by atoms with Gasteiger partial charge in [0.15, 0.2) is 0 Å². The van der Waals surface area contributed by atoms with Crippen LogP contribution in [0.15, 0.2) is 36.4 Å². The van der Waals surface area contributed by atoms with Gasteiger partial charge in [0.05, 0.1) is 7.11 Å². The summed E-state index contributed by atoms with van der Waals surface area (Å²) in [6.45, 7) is 5.32. The first-order chi connectivity index (χ1) is 11.1. The van der Waals surface area contributed by atoms with Crippen LogP contribution in [0.5, 0.6) is 0 Å². The van der Waals surface area contributed by atoms with E-state index >= 15 is 0 Å². The molecule has 23 heavy (non-hydrogen) atoms. The van der Waals surface area contributed by atoms with Gasteiger partial charge in [-0.2, -0.15) is 0 Å². The average molecular weight is 313 g/mol. The molecule has 0 amide bonds. The lowest BCUT2D eigenvalue weighted by Crippen LogP contribution is -2.04. The van der Waals surface area contributed by atoms with E-state index in [4.69, 9.17) is 0 Å². The number of hydrogen-bond donors (Lipinski definition) is 0. The van der Waals surface area contributed by atoms with E-state index in [1.165, 1.54) is 29.6 Å². The Bertz CT molecular complexity index is 629. The standard InChI is InChI=1S/C20H27NO2/c1-16-14-19(12-8-5-9-13-20(22)23-3)17(2)21(16)15-18-10-6-4-7-11-18/h4,6-7,10-11,14H,5,8-9,12-13,15H2,1-3H3. The van der Waals surface area contributed by atoms with Gasteiger partial charge in [-0.15, -0.1) is 0 Å². The maximum Gasteiger partial charge on any atom is 0.305 e. The van der Waals surface area contributed by atoms with E-state index in [1.807, 2.05) is 0 Å². The monoisotopic (exact) mass is 313 g/mol. The molecule has 0 saturated heterocycles. The zero-order valence-electron chi connectivity index (χ0n) is 14.5. The number of aromatic nitrogens is 1. The molecule has 0 fully saturated rings. The Morgan fingerprint density at radius 2 is 1.83 bits per heavy atom. The lowest BCUT2D eigenvalue weighted by Gasteiger charge is -2.10. The number of esters is 1. The highest BCUT2D eigenvalue weighted by Gasteiger charge is 2.09. The molecule has 0 radical (unpaired) electrons. The lowest BCUT2D eigenvalue weighted by atomic mass is 10.1. The summed E-state index contributed by atoms with van der Waals surface area (Å²) in [5, 5.41) is 0. The summed E-state index contributed by atoms with van der Waals surface area (Å²) in [5.41, 5.74) is 5.44. The topological polar surface area (TPSA) is 31.2 Å². The second-order valence-corrected chi connectivity index (χ2v) is 6.10. The smallest absolute Gasteiger partial charge is 0.305 e. The maximum absolute atomic E-state index is 11.1. The molecule has 1 aromatic carbocycles. The summed E-state index contributed by atoms with van der Waals surface area (Å²) in [5.74, 6) is -0.106. The highest BCUT2D eigenvalue weighted by Crippen LogP contribution is 2.19. The van der Waals surface area contributed by atoms with Gasteiger partial charge in [0.2, 0.25) is 0 Å². The van der Waals surface area contributed by atoms with Crippen LogP contribution >= 0.6 is 0 Å². The molecule has 1 aromatic heterocycles. The third-order valence-corrected chi connectivity index (χ3v) is 4.42. The first-order valence-corrected chi connectivity index (χ1v) is 8.38. The molecule has 0 saturated carbocycles. The number of ether oxygens (including phenoxy) is 1. The van der Waals surface area contributed by atoms with Crippen molar-refractivity contribution in [1.82, 2.24) is 4.57 Å². The van der Waals surface area contributed by atoms with Crippen molar-refractivity contribution in [3.63, 3.8) is 0 Å². The van der Waals surface area contributed by atoms with Gasteiger partial charge >= 0.3 is 5.97 Å². The molecule has 3 nitrogen and oxygen atoms in total. The molecule has 124 valence electrons. The number of methoxy groups -OCH3 is 1. The number of carbonyl (C=O) groups is 1. The Hall–Kier alpha value is -2.03. The van der Waals surface area contributed by atoms with E-state index in [1.54, 1.807) is 0 Å². The summed E-state index contributed by atoms with van der Waals surface area (Å²) in [6.07, 6.45) is 4.71. The van der Waals surface area contributed by atoms with Crippen molar-refractivity contribution in [3.05, 3.63) is 58.9 Å². The molecule has 2 rings (SSSR count). The van der Waals surface area contributed by atoms with Gasteiger partial charge in [-0.1, -0.05) is 36.8 Å². The van der Waals surface area contributed by atoms with Crippen LogP contribution < -0.4 is 0 Å². The number of unbranched alkanes of at least 4 members (excludes halogenated alkanes) is 2. The van der Waals surface area contributed by atoms with Gasteiger partial charge in [0, 0.05) is 24.4 Å². The van der Waals surface area contributed by atoms with Crippen LogP contribution in [-0.2, 0) is 22.5 Å². The van der Waals surface area contributed by atoms with Crippen molar-refractivity contribution in [2.24, 2.45) is 0 Å². The molecular formula is C20H27NO2. The Balaban J connectivity index is 1.89.